The van der Waals surface area contributed by atoms with Crippen molar-refractivity contribution in [1.29, 1.82) is 0 Å². The van der Waals surface area contributed by atoms with Crippen LogP contribution in [0.25, 0.3) is 0 Å². The lowest BCUT2D eigenvalue weighted by atomic mass is 10.0. The average Bonchev–Trinajstić information content (AvgIpc) is 2.83. The molecule has 0 radical (unpaired) electrons. The predicted octanol–water partition coefficient (Wildman–Crippen LogP) is 7.87. The van der Waals surface area contributed by atoms with Crippen molar-refractivity contribution in [3.05, 3.63) is 91.0 Å². The molecule has 0 atom stereocenters. The highest BCUT2D eigenvalue weighted by Crippen LogP contribution is 2.70. The molecule has 3 aromatic carbocycles. The Morgan fingerprint density at radius 2 is 0.857 bits per heavy atom. The van der Waals surface area contributed by atoms with E-state index >= 15 is 0 Å². The molecule has 0 bridgehead atoms. The van der Waals surface area contributed by atoms with Gasteiger partial charge in [0.25, 0.3) is 0 Å². The van der Waals surface area contributed by atoms with Crippen LogP contribution in [-0.2, 0) is 4.18 Å². The Morgan fingerprint density at radius 3 is 1.14 bits per heavy atom. The van der Waals surface area contributed by atoms with E-state index in [4.69, 9.17) is 4.18 Å². The first-order chi connectivity index (χ1) is 16.2. The van der Waals surface area contributed by atoms with Gasteiger partial charge in [0.05, 0.1) is 25.0 Å². The molecule has 0 aliphatic heterocycles. The molecule has 0 aromatic heterocycles. The van der Waals surface area contributed by atoms with Crippen LogP contribution in [0.4, 0.5) is 39.5 Å². The summed E-state index contributed by atoms with van der Waals surface area (Å²) in [6.45, 7) is 0. The smallest absolute Gasteiger partial charge is 0.333 e. The summed E-state index contributed by atoms with van der Waals surface area (Å²) in [5, 5.41) is 0. The highest BCUT2D eigenvalue weighted by atomic mass is 32.3. The number of hydrogen-bond donors (Lipinski definition) is 0. The van der Waals surface area contributed by atoms with Crippen molar-refractivity contribution in [2.75, 3.05) is 0 Å². The third-order valence-corrected chi connectivity index (χ3v) is 8.06. The van der Waals surface area contributed by atoms with Crippen LogP contribution in [0, 0.1) is 0 Å². The fraction of sp³-hybridized carbons (Fsp3) is 0.174. The van der Waals surface area contributed by atoms with E-state index in [0.29, 0.717) is 0 Å². The zero-order valence-electron chi connectivity index (χ0n) is 17.3. The maximum Gasteiger partial charge on any atom is 0.576 e. The zero-order valence-corrected chi connectivity index (χ0v) is 18.1. The molecule has 0 unspecified atom stereocenters. The van der Waals surface area contributed by atoms with E-state index in [0.717, 1.165) is 0 Å². The van der Waals surface area contributed by atoms with E-state index in [9.17, 15) is 44.3 Å². The number of benzene rings is 3. The van der Waals surface area contributed by atoms with Crippen molar-refractivity contribution in [1.82, 2.24) is 0 Å². The van der Waals surface area contributed by atoms with Crippen LogP contribution >= 0.6 is 10.3 Å². The Morgan fingerprint density at radius 1 is 0.543 bits per heavy atom. The first-order valence-corrected chi connectivity index (χ1v) is 11.2. The molecular formula is C23H16F9O2S+. The molecule has 0 aliphatic carbocycles. The summed E-state index contributed by atoms with van der Waals surface area (Å²) >= 11 is 0. The number of alkyl halides is 9. The van der Waals surface area contributed by atoms with Gasteiger partial charge < -0.3 is 4.79 Å². The second-order valence-electron chi connectivity index (χ2n) is 7.10. The summed E-state index contributed by atoms with van der Waals surface area (Å²) in [6.07, 6.45) is -7.04. The number of carbonyl (C=O) groups excluding carboxylic acids is 1. The van der Waals surface area contributed by atoms with Crippen LogP contribution < -0.4 is 0 Å². The van der Waals surface area contributed by atoms with Crippen molar-refractivity contribution in [3.63, 3.8) is 0 Å². The van der Waals surface area contributed by atoms with Crippen LogP contribution in [0.5, 0.6) is 0 Å². The van der Waals surface area contributed by atoms with Gasteiger partial charge in [-0.1, -0.05) is 54.6 Å². The molecule has 3 rings (SSSR count). The van der Waals surface area contributed by atoms with Gasteiger partial charge in [0.15, 0.2) is 0 Å². The Bertz CT molecular complexity index is 1060. The molecule has 0 fully saturated rings. The monoisotopic (exact) mass is 527 g/mol. The van der Waals surface area contributed by atoms with E-state index in [1.165, 1.54) is 91.0 Å². The molecule has 3 aromatic rings. The first-order valence-electron chi connectivity index (χ1n) is 9.64. The molecule has 12 heteroatoms. The Labute approximate surface area is 194 Å². The SMILES string of the molecule is [OH+]=C(OS(c1ccccc1)(c1ccccc1)c1ccccc1)C(F)(F)C(F)(F)C(F)(F)C(F)(F)F. The molecule has 0 aliphatic rings. The number of rotatable bonds is 7. The summed E-state index contributed by atoms with van der Waals surface area (Å²) in [6, 6.07) is 21.3. The summed E-state index contributed by atoms with van der Waals surface area (Å²) < 4.78 is 127. The highest BCUT2D eigenvalue weighted by molar-refractivity contribution is 8.30. The van der Waals surface area contributed by atoms with Crippen LogP contribution in [0.15, 0.2) is 106 Å². The second kappa shape index (κ2) is 9.14. The van der Waals surface area contributed by atoms with E-state index < -0.39 is 40.2 Å². The summed E-state index contributed by atoms with van der Waals surface area (Å²) in [5.74, 6) is -23.7. The van der Waals surface area contributed by atoms with Gasteiger partial charge in [0.1, 0.15) is 0 Å². The molecule has 0 heterocycles. The molecule has 0 spiro atoms. The third kappa shape index (κ3) is 4.35. The predicted molar refractivity (Wildman–Crippen MR) is 111 cm³/mol. The Hall–Kier alpha value is -3.15. The molecule has 188 valence electrons. The molecule has 0 saturated heterocycles. The number of hydrogen-bond acceptors (Lipinski definition) is 1. The van der Waals surface area contributed by atoms with Gasteiger partial charge in [0.2, 0.25) is 0 Å². The van der Waals surface area contributed by atoms with Crippen molar-refractivity contribution >= 4 is 16.3 Å². The normalized spacial score (nSPS) is 13.9. The number of halogens is 9. The topological polar surface area (TPSA) is 30.6 Å². The van der Waals surface area contributed by atoms with E-state index in [-0.39, 0.29) is 14.7 Å². The minimum atomic E-state index is -7.19. The molecular weight excluding hydrogens is 511 g/mol. The van der Waals surface area contributed by atoms with E-state index in [2.05, 4.69) is 0 Å². The zero-order chi connectivity index (χ0) is 26.1. The molecule has 1 N–H and O–H groups in total. The Kier molecular flexibility index (Phi) is 6.91. The summed E-state index contributed by atoms with van der Waals surface area (Å²) in [7, 11) is -3.58. The highest BCUT2D eigenvalue weighted by Gasteiger charge is 2.87. The summed E-state index contributed by atoms with van der Waals surface area (Å²) in [5.41, 5.74) is 0. The van der Waals surface area contributed by atoms with Crippen molar-refractivity contribution < 1.29 is 48.5 Å². The lowest BCUT2D eigenvalue weighted by Crippen LogP contribution is -2.63. The van der Waals surface area contributed by atoms with E-state index in [1.54, 1.807) is 0 Å². The fourth-order valence-electron chi connectivity index (χ4n) is 3.07. The van der Waals surface area contributed by atoms with Crippen molar-refractivity contribution in [3.8, 4) is 0 Å². The van der Waals surface area contributed by atoms with E-state index in [1.807, 2.05) is 0 Å². The minimum Gasteiger partial charge on any atom is -0.333 e. The molecule has 0 saturated carbocycles. The van der Waals surface area contributed by atoms with Gasteiger partial charge in [-0.2, -0.15) is 39.5 Å². The average molecular weight is 527 g/mol. The summed E-state index contributed by atoms with van der Waals surface area (Å²) in [4.78, 5) is 10.2. The maximum atomic E-state index is 14.6. The van der Waals surface area contributed by atoms with Crippen molar-refractivity contribution in [2.24, 2.45) is 0 Å². The van der Waals surface area contributed by atoms with Gasteiger partial charge in [-0.05, 0) is 36.4 Å². The van der Waals surface area contributed by atoms with Gasteiger partial charge in [-0.15, -0.1) is 0 Å². The standard InChI is InChI=1S/C23H15F9O2S/c24-20(25,21(26,27)22(28,29)23(30,31)32)19(33)34-35(16-10-4-1-5-11-16,17-12-6-2-7-13-17)18-14-8-3-9-15-18/h1-15H/p+1. The van der Waals surface area contributed by atoms with Crippen LogP contribution in [0.3, 0.4) is 0 Å². The minimum absolute atomic E-state index is 0.0608. The van der Waals surface area contributed by atoms with Gasteiger partial charge >= 0.3 is 29.9 Å². The van der Waals surface area contributed by atoms with Crippen LogP contribution in [0.1, 0.15) is 0 Å². The van der Waals surface area contributed by atoms with Crippen molar-refractivity contribution in [2.45, 2.75) is 38.6 Å². The van der Waals surface area contributed by atoms with Gasteiger partial charge in [-0.3, -0.25) is 0 Å². The molecule has 0 amide bonds. The second-order valence-corrected chi connectivity index (χ2v) is 9.80. The molecule has 35 heavy (non-hydrogen) atoms. The maximum absolute atomic E-state index is 14.6. The van der Waals surface area contributed by atoms with Crippen LogP contribution in [-0.4, -0.2) is 34.7 Å². The fourth-order valence-corrected chi connectivity index (χ4v) is 6.14. The van der Waals surface area contributed by atoms with Crippen LogP contribution in [0.2, 0.25) is 0 Å². The first kappa shape index (κ1) is 26.5. The van der Waals surface area contributed by atoms with Gasteiger partial charge in [-0.25, -0.2) is 4.18 Å². The molecule has 2 nitrogen and oxygen atoms in total. The third-order valence-electron chi connectivity index (χ3n) is 4.84. The lowest BCUT2D eigenvalue weighted by Gasteiger charge is -2.35. The quantitative estimate of drug-likeness (QED) is 0.227. The largest absolute Gasteiger partial charge is 0.576 e. The van der Waals surface area contributed by atoms with Gasteiger partial charge in [0, 0.05) is 0 Å². The lowest BCUT2D eigenvalue weighted by molar-refractivity contribution is -0.386. The Balaban J connectivity index is 2.24.